The molecule has 0 aliphatic carbocycles. The first-order chi connectivity index (χ1) is 9.86. The van der Waals surface area contributed by atoms with Crippen LogP contribution in [0.25, 0.3) is 16.1 Å². The zero-order valence-electron chi connectivity index (χ0n) is 10.1. The first-order valence-electron chi connectivity index (χ1n) is 5.83. The van der Waals surface area contributed by atoms with E-state index in [9.17, 15) is 0 Å². The van der Waals surface area contributed by atoms with Crippen molar-refractivity contribution in [1.29, 1.82) is 0 Å². The van der Waals surface area contributed by atoms with Gasteiger partial charge in [-0.25, -0.2) is 19.9 Å². The van der Waals surface area contributed by atoms with Crippen LogP contribution in [0.5, 0.6) is 0 Å². The van der Waals surface area contributed by atoms with E-state index in [2.05, 4.69) is 24.9 Å². The van der Waals surface area contributed by atoms with E-state index in [0.717, 1.165) is 26.2 Å². The average Bonchev–Trinajstić information content (AvgIpc) is 3.12. The minimum Gasteiger partial charge on any atom is -0.341 e. The summed E-state index contributed by atoms with van der Waals surface area (Å²) >= 11 is 3.06. The van der Waals surface area contributed by atoms with Crippen molar-refractivity contribution < 1.29 is 0 Å². The van der Waals surface area contributed by atoms with Crippen LogP contribution in [0, 0.1) is 0 Å². The third-order valence-electron chi connectivity index (χ3n) is 2.90. The molecule has 3 N–H and O–H groups in total. The van der Waals surface area contributed by atoms with Gasteiger partial charge in [0, 0.05) is 18.1 Å². The molecule has 0 aromatic carbocycles. The third kappa shape index (κ3) is 1.71. The topological polar surface area (TPSA) is 97.8 Å². The molecule has 0 bridgehead atoms. The molecule has 7 nitrogen and oxygen atoms in total. The molecular weight excluding hydrogens is 294 g/mol. The maximum Gasteiger partial charge on any atom is 0.194 e. The number of thiazole rings is 1. The van der Waals surface area contributed by atoms with Crippen molar-refractivity contribution in [3.05, 3.63) is 29.9 Å². The summed E-state index contributed by atoms with van der Waals surface area (Å²) in [4.78, 5) is 21.1. The number of nitrogens with one attached hydrogen (secondary N) is 1. The second-order valence-electron chi connectivity index (χ2n) is 4.01. The molecule has 20 heavy (non-hydrogen) atoms. The normalized spacial score (nSPS) is 11.7. The number of aromatic amines is 1. The van der Waals surface area contributed by atoms with Crippen LogP contribution < -0.4 is 5.73 Å². The molecule has 0 saturated carbocycles. The van der Waals surface area contributed by atoms with Gasteiger partial charge in [-0.2, -0.15) is 0 Å². The van der Waals surface area contributed by atoms with Crippen LogP contribution in [0.15, 0.2) is 34.3 Å². The van der Waals surface area contributed by atoms with Crippen molar-refractivity contribution in [2.75, 3.05) is 0 Å². The maximum atomic E-state index is 5.84. The largest absolute Gasteiger partial charge is 0.341 e. The monoisotopic (exact) mass is 303 g/mol. The molecule has 0 aliphatic rings. The molecule has 0 atom stereocenters. The quantitative estimate of drug-likeness (QED) is 0.559. The van der Waals surface area contributed by atoms with E-state index < -0.39 is 0 Å². The minimum absolute atomic E-state index is 0.428. The second kappa shape index (κ2) is 4.54. The molecule has 0 amide bonds. The van der Waals surface area contributed by atoms with Gasteiger partial charge in [0.1, 0.15) is 21.9 Å². The molecule has 4 heterocycles. The van der Waals surface area contributed by atoms with Crippen molar-refractivity contribution in [1.82, 2.24) is 29.3 Å². The summed E-state index contributed by atoms with van der Waals surface area (Å²) in [6.07, 6.45) is 5.09. The van der Waals surface area contributed by atoms with Crippen molar-refractivity contribution in [2.24, 2.45) is 5.73 Å². The summed E-state index contributed by atoms with van der Waals surface area (Å²) < 4.78 is 2.01. The molecule has 0 radical (unpaired) electrons. The highest BCUT2D eigenvalue weighted by molar-refractivity contribution is 7.99. The maximum absolute atomic E-state index is 5.84. The van der Waals surface area contributed by atoms with Gasteiger partial charge in [0.2, 0.25) is 0 Å². The van der Waals surface area contributed by atoms with Crippen molar-refractivity contribution in [3.8, 4) is 0 Å². The predicted molar refractivity (Wildman–Crippen MR) is 76.8 cm³/mol. The van der Waals surface area contributed by atoms with Gasteiger partial charge in [0.15, 0.2) is 10.6 Å². The predicted octanol–water partition coefficient (Wildman–Crippen LogP) is 1.67. The highest BCUT2D eigenvalue weighted by atomic mass is 32.2. The van der Waals surface area contributed by atoms with Crippen LogP contribution in [-0.2, 0) is 6.54 Å². The zero-order chi connectivity index (χ0) is 13.5. The molecule has 4 aromatic heterocycles. The fourth-order valence-electron chi connectivity index (χ4n) is 1.99. The molecule has 0 saturated heterocycles. The SMILES string of the molecule is NCc1c(Sc2ncnc3nc[nH]c23)nc2sccn12. The first kappa shape index (κ1) is 11.8. The number of fused-ring (bicyclic) bond motifs is 2. The Labute approximate surface area is 121 Å². The number of hydrogen-bond acceptors (Lipinski definition) is 7. The van der Waals surface area contributed by atoms with Crippen molar-refractivity contribution in [2.45, 2.75) is 16.6 Å². The fourth-order valence-corrected chi connectivity index (χ4v) is 3.75. The number of nitrogens with zero attached hydrogens (tertiary/aromatic N) is 5. The van der Waals surface area contributed by atoms with Gasteiger partial charge in [-0.1, -0.05) is 0 Å². The van der Waals surface area contributed by atoms with Gasteiger partial charge < -0.3 is 10.7 Å². The van der Waals surface area contributed by atoms with Gasteiger partial charge in [-0.3, -0.25) is 4.40 Å². The van der Waals surface area contributed by atoms with Crippen LogP contribution in [0.2, 0.25) is 0 Å². The summed E-state index contributed by atoms with van der Waals surface area (Å²) in [5, 5.41) is 3.66. The van der Waals surface area contributed by atoms with Crippen LogP contribution in [0.1, 0.15) is 5.69 Å². The Hall–Kier alpha value is -1.97. The van der Waals surface area contributed by atoms with Crippen molar-refractivity contribution in [3.63, 3.8) is 0 Å². The lowest BCUT2D eigenvalue weighted by molar-refractivity contribution is 0.923. The standard InChI is InChI=1S/C11H9N7S2/c12-3-6-9(17-11-18(6)1-2-19-11)20-10-7-8(14-4-13-7)15-5-16-10/h1-2,4-5H,3,12H2,(H,13,14,15,16). The number of H-pyrrole nitrogens is 1. The summed E-state index contributed by atoms with van der Waals surface area (Å²) in [5.41, 5.74) is 8.30. The average molecular weight is 303 g/mol. The Morgan fingerprint density at radius 2 is 2.25 bits per heavy atom. The highest BCUT2D eigenvalue weighted by Gasteiger charge is 2.16. The molecular formula is C11H9N7S2. The Balaban J connectivity index is 1.84. The van der Waals surface area contributed by atoms with E-state index in [-0.39, 0.29) is 0 Å². The summed E-state index contributed by atoms with van der Waals surface area (Å²) in [6, 6.07) is 0. The van der Waals surface area contributed by atoms with E-state index in [1.165, 1.54) is 18.1 Å². The second-order valence-corrected chi connectivity index (χ2v) is 5.86. The summed E-state index contributed by atoms with van der Waals surface area (Å²) in [6.45, 7) is 0.428. The van der Waals surface area contributed by atoms with Crippen LogP contribution >= 0.6 is 23.1 Å². The van der Waals surface area contributed by atoms with E-state index in [1.807, 2.05) is 16.0 Å². The van der Waals surface area contributed by atoms with E-state index in [1.54, 1.807) is 17.7 Å². The van der Waals surface area contributed by atoms with Gasteiger partial charge in [0.05, 0.1) is 12.0 Å². The van der Waals surface area contributed by atoms with Crippen LogP contribution in [0.4, 0.5) is 0 Å². The smallest absolute Gasteiger partial charge is 0.194 e. The first-order valence-corrected chi connectivity index (χ1v) is 7.53. The Morgan fingerprint density at radius 3 is 3.15 bits per heavy atom. The van der Waals surface area contributed by atoms with Gasteiger partial charge >= 0.3 is 0 Å². The van der Waals surface area contributed by atoms with E-state index >= 15 is 0 Å². The summed E-state index contributed by atoms with van der Waals surface area (Å²) in [5.74, 6) is 0. The number of imidazole rings is 2. The van der Waals surface area contributed by atoms with E-state index in [4.69, 9.17) is 5.73 Å². The molecule has 4 aromatic rings. The number of hydrogen-bond donors (Lipinski definition) is 2. The zero-order valence-corrected chi connectivity index (χ0v) is 11.8. The molecule has 0 unspecified atom stereocenters. The number of rotatable bonds is 3. The van der Waals surface area contributed by atoms with Gasteiger partial charge in [-0.05, 0) is 11.8 Å². The lowest BCUT2D eigenvalue weighted by Crippen LogP contribution is -2.01. The van der Waals surface area contributed by atoms with Gasteiger partial charge in [0.25, 0.3) is 0 Å². The fraction of sp³-hybridized carbons (Fsp3) is 0.0909. The number of aromatic nitrogens is 6. The van der Waals surface area contributed by atoms with Crippen molar-refractivity contribution >= 4 is 39.2 Å². The molecule has 0 spiro atoms. The lowest BCUT2D eigenvalue weighted by Gasteiger charge is -2.01. The van der Waals surface area contributed by atoms with Crippen LogP contribution in [-0.4, -0.2) is 29.3 Å². The van der Waals surface area contributed by atoms with Gasteiger partial charge in [-0.15, -0.1) is 11.3 Å². The molecule has 100 valence electrons. The Kier molecular flexibility index (Phi) is 2.69. The highest BCUT2D eigenvalue weighted by Crippen LogP contribution is 2.32. The molecule has 0 aliphatic heterocycles. The minimum atomic E-state index is 0.428. The Morgan fingerprint density at radius 1 is 1.30 bits per heavy atom. The van der Waals surface area contributed by atoms with E-state index in [0.29, 0.717) is 12.2 Å². The molecule has 0 fully saturated rings. The number of nitrogens with two attached hydrogens (primary N) is 1. The Bertz CT molecular complexity index is 890. The lowest BCUT2D eigenvalue weighted by atomic mass is 10.5. The summed E-state index contributed by atoms with van der Waals surface area (Å²) in [7, 11) is 0. The van der Waals surface area contributed by atoms with Crippen LogP contribution in [0.3, 0.4) is 0 Å². The third-order valence-corrected chi connectivity index (χ3v) is 4.68. The molecule has 9 heteroatoms. The molecule has 4 rings (SSSR count).